The quantitative estimate of drug-likeness (QED) is 0.696. The van der Waals surface area contributed by atoms with Gasteiger partial charge in [0.15, 0.2) is 0 Å². The summed E-state index contributed by atoms with van der Waals surface area (Å²) in [6, 6.07) is 15.7. The SMILES string of the molecule is O=C1NCCOCCCCC2(CCN(Cc3ccc(Cl)cc3)CC2)COc2ccccc21. The zero-order valence-electron chi connectivity index (χ0n) is 18.7. The van der Waals surface area contributed by atoms with Crippen molar-refractivity contribution >= 4 is 17.5 Å². The van der Waals surface area contributed by atoms with Crippen LogP contribution < -0.4 is 10.1 Å². The molecule has 2 heterocycles. The normalized spacial score (nSPS) is 20.6. The molecule has 1 amide bonds. The third-order valence-corrected chi connectivity index (χ3v) is 6.93. The first-order chi connectivity index (χ1) is 15.6. The summed E-state index contributed by atoms with van der Waals surface area (Å²) in [7, 11) is 0. The summed E-state index contributed by atoms with van der Waals surface area (Å²) >= 11 is 6.03. The van der Waals surface area contributed by atoms with Gasteiger partial charge >= 0.3 is 0 Å². The number of likely N-dealkylation sites (tertiary alicyclic amines) is 1. The Hall–Kier alpha value is -2.08. The second-order valence-corrected chi connectivity index (χ2v) is 9.45. The van der Waals surface area contributed by atoms with Crippen molar-refractivity contribution in [3.8, 4) is 5.75 Å². The maximum Gasteiger partial charge on any atom is 0.255 e. The molecule has 0 bridgehead atoms. The van der Waals surface area contributed by atoms with Gasteiger partial charge in [-0.05, 0) is 68.6 Å². The van der Waals surface area contributed by atoms with E-state index in [-0.39, 0.29) is 11.3 Å². The van der Waals surface area contributed by atoms with E-state index in [0.29, 0.717) is 31.1 Å². The minimum Gasteiger partial charge on any atom is -0.492 e. The van der Waals surface area contributed by atoms with Gasteiger partial charge in [0.1, 0.15) is 5.75 Å². The number of hydrogen-bond donors (Lipinski definition) is 1. The van der Waals surface area contributed by atoms with Crippen molar-refractivity contribution in [2.24, 2.45) is 5.41 Å². The fraction of sp³-hybridized carbons (Fsp3) is 0.500. The molecule has 0 saturated carbocycles. The highest BCUT2D eigenvalue weighted by Gasteiger charge is 2.35. The topological polar surface area (TPSA) is 50.8 Å². The summed E-state index contributed by atoms with van der Waals surface area (Å²) in [6.45, 7) is 5.49. The Morgan fingerprint density at radius 1 is 0.969 bits per heavy atom. The lowest BCUT2D eigenvalue weighted by atomic mass is 9.75. The minimum absolute atomic E-state index is 0.104. The van der Waals surface area contributed by atoms with Gasteiger partial charge in [-0.3, -0.25) is 9.69 Å². The number of rotatable bonds is 2. The lowest BCUT2D eigenvalue weighted by Crippen LogP contribution is -2.43. The van der Waals surface area contributed by atoms with Crippen LogP contribution in [-0.4, -0.2) is 50.3 Å². The maximum absolute atomic E-state index is 12.6. The van der Waals surface area contributed by atoms with Crippen LogP contribution in [0.5, 0.6) is 5.75 Å². The Morgan fingerprint density at radius 3 is 2.56 bits per heavy atom. The van der Waals surface area contributed by atoms with Crippen LogP contribution in [0.2, 0.25) is 5.02 Å². The van der Waals surface area contributed by atoms with Gasteiger partial charge in [-0.25, -0.2) is 0 Å². The molecule has 2 aromatic rings. The van der Waals surface area contributed by atoms with Gasteiger partial charge < -0.3 is 14.8 Å². The smallest absolute Gasteiger partial charge is 0.255 e. The second-order valence-electron chi connectivity index (χ2n) is 9.01. The van der Waals surface area contributed by atoms with Crippen molar-refractivity contribution in [1.82, 2.24) is 10.2 Å². The van der Waals surface area contributed by atoms with E-state index in [0.717, 1.165) is 63.4 Å². The van der Waals surface area contributed by atoms with Crippen molar-refractivity contribution < 1.29 is 14.3 Å². The first-order valence-corrected chi connectivity index (χ1v) is 12.1. The number of hydrogen-bond acceptors (Lipinski definition) is 4. The summed E-state index contributed by atoms with van der Waals surface area (Å²) < 4.78 is 12.1. The molecule has 2 aliphatic heterocycles. The van der Waals surface area contributed by atoms with E-state index < -0.39 is 0 Å². The molecular weight excluding hydrogens is 424 g/mol. The van der Waals surface area contributed by atoms with Gasteiger partial charge in [0, 0.05) is 30.1 Å². The molecular formula is C26H33ClN2O3. The molecule has 6 heteroatoms. The number of ether oxygens (including phenoxy) is 2. The van der Waals surface area contributed by atoms with Crippen molar-refractivity contribution in [2.75, 3.05) is 39.5 Å². The average molecular weight is 457 g/mol. The molecule has 4 rings (SSSR count). The van der Waals surface area contributed by atoms with Crippen molar-refractivity contribution in [3.05, 3.63) is 64.7 Å². The highest BCUT2D eigenvalue weighted by Crippen LogP contribution is 2.38. The van der Waals surface area contributed by atoms with Gasteiger partial charge in [0.05, 0.1) is 18.8 Å². The Bertz CT molecular complexity index is 879. The summed E-state index contributed by atoms with van der Waals surface area (Å²) in [4.78, 5) is 15.1. The number of nitrogens with one attached hydrogen (secondary N) is 1. The van der Waals surface area contributed by atoms with Crippen LogP contribution in [0.3, 0.4) is 0 Å². The minimum atomic E-state index is -0.104. The van der Waals surface area contributed by atoms with Crippen LogP contribution in [0.1, 0.15) is 48.0 Å². The van der Waals surface area contributed by atoms with Crippen molar-refractivity contribution in [3.63, 3.8) is 0 Å². The Morgan fingerprint density at radius 2 is 1.75 bits per heavy atom. The van der Waals surface area contributed by atoms with Crippen LogP contribution in [0.4, 0.5) is 0 Å². The number of carbonyl (C=O) groups is 1. The van der Waals surface area contributed by atoms with Gasteiger partial charge in [-0.15, -0.1) is 0 Å². The number of benzene rings is 2. The molecule has 0 aliphatic carbocycles. The van der Waals surface area contributed by atoms with Crippen LogP contribution in [0, 0.1) is 5.41 Å². The Labute approximate surface area is 196 Å². The second kappa shape index (κ2) is 11.2. The van der Waals surface area contributed by atoms with Crippen LogP contribution >= 0.6 is 11.6 Å². The third kappa shape index (κ3) is 6.25. The summed E-state index contributed by atoms with van der Waals surface area (Å²) in [5.74, 6) is 0.569. The molecule has 2 aromatic carbocycles. The standard InChI is InChI=1S/C26H33ClN2O3/c27-22-9-7-21(8-10-22)19-29-15-12-26(13-16-29)11-3-4-17-31-18-14-28-25(30)23-5-1-2-6-24(23)32-20-26/h1-2,5-10H,3-4,11-20H2,(H,28,30). The van der Waals surface area contributed by atoms with Gasteiger partial charge in [-0.2, -0.15) is 0 Å². The summed E-state index contributed by atoms with van der Waals surface area (Å²) in [5.41, 5.74) is 2.02. The monoisotopic (exact) mass is 456 g/mol. The zero-order valence-corrected chi connectivity index (χ0v) is 19.4. The lowest BCUT2D eigenvalue weighted by molar-refractivity contribution is 0.0384. The van der Waals surface area contributed by atoms with E-state index in [1.54, 1.807) is 0 Å². The highest BCUT2D eigenvalue weighted by molar-refractivity contribution is 6.30. The summed E-state index contributed by atoms with van der Waals surface area (Å²) in [5, 5.41) is 3.72. The molecule has 5 nitrogen and oxygen atoms in total. The molecule has 0 aromatic heterocycles. The van der Waals surface area contributed by atoms with E-state index in [1.807, 2.05) is 36.4 Å². The fourth-order valence-electron chi connectivity index (χ4n) is 4.65. The first-order valence-electron chi connectivity index (χ1n) is 11.7. The first kappa shape index (κ1) is 23.1. The number of amides is 1. The predicted molar refractivity (Wildman–Crippen MR) is 127 cm³/mol. The summed E-state index contributed by atoms with van der Waals surface area (Å²) in [6.07, 6.45) is 5.49. The zero-order chi connectivity index (χ0) is 22.2. The predicted octanol–water partition coefficient (Wildman–Crippen LogP) is 4.93. The van der Waals surface area contributed by atoms with E-state index in [2.05, 4.69) is 22.3 Å². The molecule has 1 N–H and O–H groups in total. The molecule has 0 atom stereocenters. The van der Waals surface area contributed by atoms with Crippen LogP contribution in [0.25, 0.3) is 0 Å². The van der Waals surface area contributed by atoms with E-state index in [1.165, 1.54) is 5.56 Å². The molecule has 1 saturated heterocycles. The molecule has 2 aliphatic rings. The van der Waals surface area contributed by atoms with E-state index in [4.69, 9.17) is 21.1 Å². The molecule has 0 radical (unpaired) electrons. The van der Waals surface area contributed by atoms with E-state index in [9.17, 15) is 4.79 Å². The molecule has 172 valence electrons. The van der Waals surface area contributed by atoms with E-state index >= 15 is 0 Å². The van der Waals surface area contributed by atoms with Crippen molar-refractivity contribution in [1.29, 1.82) is 0 Å². The number of para-hydroxylation sites is 1. The number of piperidine rings is 1. The maximum atomic E-state index is 12.6. The van der Waals surface area contributed by atoms with Gasteiger partial charge in [0.2, 0.25) is 0 Å². The number of halogens is 1. The lowest BCUT2D eigenvalue weighted by Gasteiger charge is -2.42. The largest absolute Gasteiger partial charge is 0.492 e. The molecule has 32 heavy (non-hydrogen) atoms. The van der Waals surface area contributed by atoms with Crippen LogP contribution in [-0.2, 0) is 11.3 Å². The number of nitrogens with zero attached hydrogens (tertiary/aromatic N) is 1. The fourth-order valence-corrected chi connectivity index (χ4v) is 4.78. The molecule has 0 unspecified atom stereocenters. The highest BCUT2D eigenvalue weighted by atomic mass is 35.5. The average Bonchev–Trinajstić information content (AvgIpc) is 2.82. The number of fused-ring (bicyclic) bond motifs is 1. The molecule has 1 spiro atoms. The van der Waals surface area contributed by atoms with Crippen molar-refractivity contribution in [2.45, 2.75) is 38.6 Å². The van der Waals surface area contributed by atoms with Crippen LogP contribution in [0.15, 0.2) is 48.5 Å². The third-order valence-electron chi connectivity index (χ3n) is 6.68. The Balaban J connectivity index is 1.43. The molecule has 1 fully saturated rings. The van der Waals surface area contributed by atoms with Gasteiger partial charge in [-0.1, -0.05) is 42.3 Å². The van der Waals surface area contributed by atoms with Gasteiger partial charge in [0.25, 0.3) is 5.91 Å². The number of carbonyl (C=O) groups excluding carboxylic acids is 1. The Kier molecular flexibility index (Phi) is 8.06.